The SMILES string of the molecule is CC(C)(C)c1ccc(Br)c(C(C)(C)C)c1O[Si](C)(C)C. The van der Waals surface area contributed by atoms with Gasteiger partial charge in [-0.2, -0.15) is 0 Å². The summed E-state index contributed by atoms with van der Waals surface area (Å²) in [6, 6.07) is 4.37. The second-order valence-electron chi connectivity index (χ2n) is 8.51. The van der Waals surface area contributed by atoms with Crippen molar-refractivity contribution in [1.29, 1.82) is 0 Å². The molecule has 3 heteroatoms. The molecule has 1 aromatic carbocycles. The second kappa shape index (κ2) is 5.49. The van der Waals surface area contributed by atoms with E-state index < -0.39 is 8.32 Å². The lowest BCUT2D eigenvalue weighted by Crippen LogP contribution is -2.32. The molecular weight excluding hydrogens is 328 g/mol. The first kappa shape index (κ1) is 17.8. The van der Waals surface area contributed by atoms with Gasteiger partial charge in [-0.15, -0.1) is 0 Å². The van der Waals surface area contributed by atoms with Crippen LogP contribution in [0.2, 0.25) is 19.6 Å². The molecule has 1 aromatic rings. The smallest absolute Gasteiger partial charge is 0.242 e. The summed E-state index contributed by atoms with van der Waals surface area (Å²) >= 11 is 3.73. The number of hydrogen-bond donors (Lipinski definition) is 0. The van der Waals surface area contributed by atoms with Gasteiger partial charge < -0.3 is 4.43 Å². The first-order chi connectivity index (χ1) is 8.73. The molecule has 20 heavy (non-hydrogen) atoms. The van der Waals surface area contributed by atoms with E-state index in [1.165, 1.54) is 11.1 Å². The Morgan fingerprint density at radius 1 is 0.900 bits per heavy atom. The molecule has 1 nitrogen and oxygen atoms in total. The van der Waals surface area contributed by atoms with Crippen LogP contribution in [-0.4, -0.2) is 8.32 Å². The Morgan fingerprint density at radius 2 is 1.40 bits per heavy atom. The average Bonchev–Trinajstić information content (AvgIpc) is 2.09. The molecule has 0 N–H and O–H groups in total. The first-order valence-corrected chi connectivity index (χ1v) is 11.5. The summed E-state index contributed by atoms with van der Waals surface area (Å²) in [5.41, 5.74) is 2.71. The molecule has 0 aliphatic heterocycles. The van der Waals surface area contributed by atoms with E-state index >= 15 is 0 Å². The Bertz CT molecular complexity index is 487. The maximum atomic E-state index is 6.51. The molecule has 0 aromatic heterocycles. The van der Waals surface area contributed by atoms with Gasteiger partial charge in [0.1, 0.15) is 5.75 Å². The molecule has 0 atom stereocenters. The van der Waals surface area contributed by atoms with E-state index in [1.807, 2.05) is 0 Å². The Labute approximate surface area is 134 Å². The third-order valence-corrected chi connectivity index (χ3v) is 4.55. The third-order valence-electron chi connectivity index (χ3n) is 3.07. The molecule has 0 spiro atoms. The summed E-state index contributed by atoms with van der Waals surface area (Å²) < 4.78 is 7.65. The number of rotatable bonds is 2. The van der Waals surface area contributed by atoms with Gasteiger partial charge in [0.25, 0.3) is 0 Å². The van der Waals surface area contributed by atoms with E-state index in [9.17, 15) is 0 Å². The Balaban J connectivity index is 3.65. The Hall–Kier alpha value is -0.283. The number of benzene rings is 1. The zero-order valence-corrected chi connectivity index (χ0v) is 17.0. The minimum absolute atomic E-state index is 0.0507. The summed E-state index contributed by atoms with van der Waals surface area (Å²) in [5, 5.41) is 0. The Morgan fingerprint density at radius 3 is 1.75 bits per heavy atom. The molecule has 0 saturated carbocycles. The monoisotopic (exact) mass is 356 g/mol. The van der Waals surface area contributed by atoms with E-state index in [-0.39, 0.29) is 10.8 Å². The van der Waals surface area contributed by atoms with E-state index in [0.29, 0.717) is 0 Å². The van der Waals surface area contributed by atoms with Crippen molar-refractivity contribution < 1.29 is 4.43 Å². The van der Waals surface area contributed by atoms with E-state index in [0.717, 1.165) is 10.2 Å². The van der Waals surface area contributed by atoms with E-state index in [2.05, 4.69) is 89.2 Å². The third kappa shape index (κ3) is 4.36. The lowest BCUT2D eigenvalue weighted by atomic mass is 9.79. The summed E-state index contributed by atoms with van der Waals surface area (Å²) in [4.78, 5) is 0. The predicted molar refractivity (Wildman–Crippen MR) is 95.5 cm³/mol. The summed E-state index contributed by atoms with van der Waals surface area (Å²) in [6.45, 7) is 20.2. The average molecular weight is 357 g/mol. The van der Waals surface area contributed by atoms with Gasteiger partial charge >= 0.3 is 0 Å². The van der Waals surface area contributed by atoms with Crippen molar-refractivity contribution >= 4 is 24.2 Å². The second-order valence-corrected chi connectivity index (χ2v) is 13.8. The van der Waals surface area contributed by atoms with Crippen LogP contribution in [0, 0.1) is 0 Å². The number of halogens is 1. The molecular formula is C17H29BrOSi. The van der Waals surface area contributed by atoms with Crippen LogP contribution < -0.4 is 4.43 Å². The highest BCUT2D eigenvalue weighted by atomic mass is 79.9. The van der Waals surface area contributed by atoms with Crippen molar-refractivity contribution in [3.63, 3.8) is 0 Å². The van der Waals surface area contributed by atoms with E-state index in [1.54, 1.807) is 0 Å². The van der Waals surface area contributed by atoms with Gasteiger partial charge in [0.15, 0.2) is 0 Å². The minimum Gasteiger partial charge on any atom is -0.544 e. The van der Waals surface area contributed by atoms with Crippen LogP contribution >= 0.6 is 15.9 Å². The Kier molecular flexibility index (Phi) is 4.88. The summed E-state index contributed by atoms with van der Waals surface area (Å²) in [6.07, 6.45) is 0. The van der Waals surface area contributed by atoms with Crippen molar-refractivity contribution in [2.24, 2.45) is 0 Å². The van der Waals surface area contributed by atoms with Gasteiger partial charge in [0.05, 0.1) is 0 Å². The largest absolute Gasteiger partial charge is 0.544 e. The van der Waals surface area contributed by atoms with Crippen LogP contribution in [0.1, 0.15) is 52.7 Å². The molecule has 1 rings (SSSR count). The van der Waals surface area contributed by atoms with Gasteiger partial charge in [-0.05, 0) is 42.1 Å². The van der Waals surface area contributed by atoms with Gasteiger partial charge in [0.2, 0.25) is 8.32 Å². The first-order valence-electron chi connectivity index (χ1n) is 7.26. The van der Waals surface area contributed by atoms with Crippen molar-refractivity contribution in [3.05, 3.63) is 27.7 Å². The van der Waals surface area contributed by atoms with E-state index in [4.69, 9.17) is 4.43 Å². The van der Waals surface area contributed by atoms with Crippen molar-refractivity contribution in [3.8, 4) is 5.75 Å². The molecule has 0 heterocycles. The molecule has 0 saturated heterocycles. The van der Waals surface area contributed by atoms with Crippen molar-refractivity contribution in [2.75, 3.05) is 0 Å². The van der Waals surface area contributed by atoms with Crippen LogP contribution in [0.5, 0.6) is 5.75 Å². The molecule has 0 bridgehead atoms. The van der Waals surface area contributed by atoms with Gasteiger partial charge in [-0.3, -0.25) is 0 Å². The zero-order chi connectivity index (χ0) is 15.9. The lowest BCUT2D eigenvalue weighted by molar-refractivity contribution is 0.476. The normalized spacial score (nSPS) is 13.5. The molecule has 0 aliphatic carbocycles. The van der Waals surface area contributed by atoms with Gasteiger partial charge in [-0.1, -0.05) is 63.5 Å². The van der Waals surface area contributed by atoms with Crippen LogP contribution in [0.15, 0.2) is 16.6 Å². The zero-order valence-electron chi connectivity index (χ0n) is 14.4. The quantitative estimate of drug-likeness (QED) is 0.568. The van der Waals surface area contributed by atoms with Crippen LogP contribution in [0.3, 0.4) is 0 Å². The van der Waals surface area contributed by atoms with Crippen LogP contribution in [0.25, 0.3) is 0 Å². The summed E-state index contributed by atoms with van der Waals surface area (Å²) in [7, 11) is -1.66. The number of hydrogen-bond acceptors (Lipinski definition) is 1. The maximum absolute atomic E-state index is 6.51. The predicted octanol–water partition coefficient (Wildman–Crippen LogP) is 6.26. The molecule has 0 unspecified atom stereocenters. The maximum Gasteiger partial charge on any atom is 0.242 e. The lowest BCUT2D eigenvalue weighted by Gasteiger charge is -2.34. The molecule has 0 aliphatic rings. The van der Waals surface area contributed by atoms with Crippen LogP contribution in [0.4, 0.5) is 0 Å². The standard InChI is InChI=1S/C17H29BrOSi/c1-16(2,3)12-10-11-13(18)14(17(4,5)6)15(12)19-20(7,8)9/h10-11H,1-9H3. The van der Waals surface area contributed by atoms with Gasteiger partial charge in [0, 0.05) is 10.0 Å². The molecule has 0 amide bonds. The molecule has 0 radical (unpaired) electrons. The summed E-state index contributed by atoms with van der Waals surface area (Å²) in [5.74, 6) is 1.10. The van der Waals surface area contributed by atoms with Crippen molar-refractivity contribution in [1.82, 2.24) is 0 Å². The van der Waals surface area contributed by atoms with Crippen LogP contribution in [-0.2, 0) is 10.8 Å². The fraction of sp³-hybridized carbons (Fsp3) is 0.647. The van der Waals surface area contributed by atoms with Crippen molar-refractivity contribution in [2.45, 2.75) is 72.0 Å². The molecule has 114 valence electrons. The minimum atomic E-state index is -1.66. The highest BCUT2D eigenvalue weighted by molar-refractivity contribution is 9.10. The highest BCUT2D eigenvalue weighted by Gasteiger charge is 2.31. The topological polar surface area (TPSA) is 9.23 Å². The fourth-order valence-corrected chi connectivity index (χ4v) is 3.99. The molecule has 0 fully saturated rings. The highest BCUT2D eigenvalue weighted by Crippen LogP contribution is 2.44. The fourth-order valence-electron chi connectivity index (χ4n) is 2.26. The van der Waals surface area contributed by atoms with Gasteiger partial charge in [-0.25, -0.2) is 0 Å².